The van der Waals surface area contributed by atoms with E-state index in [-0.39, 0.29) is 18.5 Å². The first-order valence-electron chi connectivity index (χ1n) is 6.98. The molecule has 8 heteroatoms. The molecule has 3 N–H and O–H groups in total. The maximum atomic E-state index is 11.7. The van der Waals surface area contributed by atoms with Gasteiger partial charge in [0, 0.05) is 19.3 Å². The fraction of sp³-hybridized carbons (Fsp3) is 0.250. The number of methoxy groups -OCH3 is 1. The van der Waals surface area contributed by atoms with Crippen LogP contribution >= 0.6 is 0 Å². The van der Waals surface area contributed by atoms with E-state index in [1.54, 1.807) is 30.3 Å². The summed E-state index contributed by atoms with van der Waals surface area (Å²) in [5.74, 6) is -2.11. The summed E-state index contributed by atoms with van der Waals surface area (Å²) in [6, 6.07) is 8.38. The summed E-state index contributed by atoms with van der Waals surface area (Å²) in [6.07, 6.45) is 1.04. The van der Waals surface area contributed by atoms with E-state index < -0.39 is 17.8 Å². The number of carbonyl (C=O) groups is 3. The quantitative estimate of drug-likeness (QED) is 0.360. The van der Waals surface area contributed by atoms with Crippen LogP contribution in [0.15, 0.2) is 36.0 Å². The molecular formula is C16H17N3O5. The molecule has 1 rings (SSSR count). The molecule has 0 saturated carbocycles. The van der Waals surface area contributed by atoms with E-state index in [9.17, 15) is 14.4 Å². The van der Waals surface area contributed by atoms with E-state index in [2.05, 4.69) is 15.4 Å². The van der Waals surface area contributed by atoms with Crippen LogP contribution in [-0.4, -0.2) is 36.6 Å². The number of ether oxygens (including phenoxy) is 1. The van der Waals surface area contributed by atoms with Crippen LogP contribution in [0.5, 0.6) is 0 Å². The van der Waals surface area contributed by atoms with Crippen LogP contribution in [0.4, 0.5) is 0 Å². The lowest BCUT2D eigenvalue weighted by atomic mass is 10.1. The number of amides is 1. The average molecular weight is 331 g/mol. The van der Waals surface area contributed by atoms with Gasteiger partial charge in [0.15, 0.2) is 0 Å². The highest BCUT2D eigenvalue weighted by atomic mass is 16.5. The predicted octanol–water partition coefficient (Wildman–Crippen LogP) is 0.561. The molecule has 0 bridgehead atoms. The van der Waals surface area contributed by atoms with Crippen molar-refractivity contribution in [1.29, 1.82) is 5.26 Å². The van der Waals surface area contributed by atoms with E-state index in [4.69, 9.17) is 10.4 Å². The zero-order valence-corrected chi connectivity index (χ0v) is 13.0. The molecule has 0 spiro atoms. The van der Waals surface area contributed by atoms with Crippen molar-refractivity contribution in [2.75, 3.05) is 13.7 Å². The summed E-state index contributed by atoms with van der Waals surface area (Å²) in [7, 11) is 1.30. The number of carboxylic acid groups (broad SMARTS) is 1. The number of rotatable bonds is 8. The lowest BCUT2D eigenvalue weighted by molar-refractivity contribution is -0.136. The fourth-order valence-electron chi connectivity index (χ4n) is 1.67. The molecule has 0 unspecified atom stereocenters. The van der Waals surface area contributed by atoms with Crippen LogP contribution in [0.1, 0.15) is 22.3 Å². The third-order valence-corrected chi connectivity index (χ3v) is 2.92. The monoisotopic (exact) mass is 331 g/mol. The molecule has 0 saturated heterocycles. The molecule has 0 aliphatic carbocycles. The van der Waals surface area contributed by atoms with Crippen LogP contribution in [-0.2, 0) is 20.9 Å². The van der Waals surface area contributed by atoms with E-state index in [1.165, 1.54) is 13.3 Å². The number of carboxylic acids is 1. The van der Waals surface area contributed by atoms with Crippen LogP contribution in [0.25, 0.3) is 0 Å². The molecule has 1 aromatic carbocycles. The molecule has 0 aliphatic rings. The van der Waals surface area contributed by atoms with E-state index in [1.807, 2.05) is 0 Å². The number of nitrogens with zero attached hydrogens (tertiary/aromatic N) is 1. The predicted molar refractivity (Wildman–Crippen MR) is 83.6 cm³/mol. The first-order chi connectivity index (χ1) is 11.5. The third-order valence-electron chi connectivity index (χ3n) is 2.92. The van der Waals surface area contributed by atoms with Gasteiger partial charge in [0.1, 0.15) is 11.6 Å². The molecule has 0 aromatic heterocycles. The fourth-order valence-corrected chi connectivity index (χ4v) is 1.67. The Morgan fingerprint density at radius 3 is 2.50 bits per heavy atom. The first kappa shape index (κ1) is 18.7. The van der Waals surface area contributed by atoms with Gasteiger partial charge in [-0.3, -0.25) is 9.59 Å². The lowest BCUT2D eigenvalue weighted by Crippen LogP contribution is -2.27. The second-order valence-corrected chi connectivity index (χ2v) is 4.64. The molecule has 0 heterocycles. The molecule has 126 valence electrons. The van der Waals surface area contributed by atoms with Crippen LogP contribution in [0, 0.1) is 11.3 Å². The van der Waals surface area contributed by atoms with Gasteiger partial charge in [-0.15, -0.1) is 0 Å². The molecule has 0 fully saturated rings. The van der Waals surface area contributed by atoms with Crippen molar-refractivity contribution in [2.24, 2.45) is 0 Å². The summed E-state index contributed by atoms with van der Waals surface area (Å²) in [4.78, 5) is 33.3. The highest BCUT2D eigenvalue weighted by Crippen LogP contribution is 2.05. The van der Waals surface area contributed by atoms with Crippen molar-refractivity contribution in [3.8, 4) is 6.07 Å². The number of nitrogens with one attached hydrogen (secondary N) is 2. The van der Waals surface area contributed by atoms with Crippen molar-refractivity contribution in [2.45, 2.75) is 13.0 Å². The second-order valence-electron chi connectivity index (χ2n) is 4.64. The van der Waals surface area contributed by atoms with Gasteiger partial charge in [-0.2, -0.15) is 5.26 Å². The van der Waals surface area contributed by atoms with Gasteiger partial charge in [-0.1, -0.05) is 12.1 Å². The van der Waals surface area contributed by atoms with Crippen molar-refractivity contribution in [3.63, 3.8) is 0 Å². The maximum Gasteiger partial charge on any atom is 0.337 e. The Balaban J connectivity index is 2.54. The second kappa shape index (κ2) is 9.63. The van der Waals surface area contributed by atoms with Gasteiger partial charge in [-0.05, 0) is 17.7 Å². The van der Waals surface area contributed by atoms with E-state index >= 15 is 0 Å². The van der Waals surface area contributed by atoms with Gasteiger partial charge in [0.05, 0.1) is 19.1 Å². The van der Waals surface area contributed by atoms with Crippen molar-refractivity contribution < 1.29 is 24.2 Å². The van der Waals surface area contributed by atoms with Gasteiger partial charge in [0.2, 0.25) is 0 Å². The Morgan fingerprint density at radius 1 is 1.29 bits per heavy atom. The molecular weight excluding hydrogens is 314 g/mol. The SMILES string of the molecule is COC(=O)c1ccc(CN/C=C(/C#N)C(=O)NCCC(=O)O)cc1. The standard InChI is InChI=1S/C16H17N3O5/c1-24-16(23)12-4-2-11(3-5-12)9-18-10-13(8-17)15(22)19-7-6-14(20)21/h2-5,10,18H,6-7,9H2,1H3,(H,19,22)(H,20,21)/b13-10-. The zero-order chi connectivity index (χ0) is 17.9. The normalized spacial score (nSPS) is 10.4. The first-order valence-corrected chi connectivity index (χ1v) is 6.98. The van der Waals surface area contributed by atoms with Gasteiger partial charge in [-0.25, -0.2) is 4.79 Å². The zero-order valence-electron chi connectivity index (χ0n) is 13.0. The maximum absolute atomic E-state index is 11.7. The molecule has 0 aliphatic heterocycles. The Morgan fingerprint density at radius 2 is 1.96 bits per heavy atom. The van der Waals surface area contributed by atoms with Crippen molar-refractivity contribution in [3.05, 3.63) is 47.2 Å². The summed E-state index contributed by atoms with van der Waals surface area (Å²) >= 11 is 0. The van der Waals surface area contributed by atoms with Crippen molar-refractivity contribution >= 4 is 17.8 Å². The largest absolute Gasteiger partial charge is 0.481 e. The Kier molecular flexibility index (Phi) is 7.51. The Hall–Kier alpha value is -3.34. The number of nitriles is 1. The minimum atomic E-state index is -1.04. The Bertz CT molecular complexity index is 674. The highest BCUT2D eigenvalue weighted by Gasteiger charge is 2.09. The highest BCUT2D eigenvalue weighted by molar-refractivity contribution is 5.97. The number of esters is 1. The minimum absolute atomic E-state index is 0.0534. The lowest BCUT2D eigenvalue weighted by Gasteiger charge is -2.05. The van der Waals surface area contributed by atoms with Crippen LogP contribution < -0.4 is 10.6 Å². The number of benzene rings is 1. The molecule has 8 nitrogen and oxygen atoms in total. The molecule has 24 heavy (non-hydrogen) atoms. The summed E-state index contributed by atoms with van der Waals surface area (Å²) < 4.78 is 4.60. The van der Waals surface area contributed by atoms with Crippen molar-refractivity contribution in [1.82, 2.24) is 10.6 Å². The van der Waals surface area contributed by atoms with Gasteiger partial charge in [0.25, 0.3) is 5.91 Å². The van der Waals surface area contributed by atoms with Crippen LogP contribution in [0.3, 0.4) is 0 Å². The minimum Gasteiger partial charge on any atom is -0.481 e. The topological polar surface area (TPSA) is 129 Å². The smallest absolute Gasteiger partial charge is 0.337 e. The van der Waals surface area contributed by atoms with E-state index in [0.717, 1.165) is 5.56 Å². The van der Waals surface area contributed by atoms with Crippen LogP contribution in [0.2, 0.25) is 0 Å². The van der Waals surface area contributed by atoms with Gasteiger partial charge >= 0.3 is 11.9 Å². The third kappa shape index (κ3) is 6.19. The molecule has 1 aromatic rings. The number of carbonyl (C=O) groups excluding carboxylic acids is 2. The Labute approximate surface area is 138 Å². The summed E-state index contributed by atoms with van der Waals surface area (Å²) in [6.45, 7) is 0.289. The number of hydrogen-bond donors (Lipinski definition) is 3. The van der Waals surface area contributed by atoms with Gasteiger partial charge < -0.3 is 20.5 Å². The molecule has 0 radical (unpaired) electrons. The average Bonchev–Trinajstić information content (AvgIpc) is 2.58. The summed E-state index contributed by atoms with van der Waals surface area (Å²) in [5, 5.41) is 22.6. The van der Waals surface area contributed by atoms with E-state index in [0.29, 0.717) is 12.1 Å². The number of hydrogen-bond acceptors (Lipinski definition) is 6. The molecule has 0 atom stereocenters. The molecule has 1 amide bonds. The summed E-state index contributed by atoms with van der Waals surface area (Å²) in [5.41, 5.74) is 1.10. The number of aliphatic carboxylic acids is 1.